The van der Waals surface area contributed by atoms with Gasteiger partial charge >= 0.3 is 5.97 Å². The molecule has 38 heteroatoms. The van der Waals surface area contributed by atoms with E-state index < -0.39 is 169 Å². The van der Waals surface area contributed by atoms with Crippen LogP contribution in [0.3, 0.4) is 0 Å². The first-order chi connectivity index (χ1) is 43.0. The van der Waals surface area contributed by atoms with Gasteiger partial charge in [-0.05, 0) is 97.9 Å². The summed E-state index contributed by atoms with van der Waals surface area (Å²) in [6.07, 6.45) is -5.17. The Hall–Kier alpha value is -8.98. The normalized spacial score (nSPS) is 18.2. The largest absolute Gasteiger partial charge is 0.481 e. The zero-order valence-corrected chi connectivity index (χ0v) is 51.0. The molecule has 2 aromatic heterocycles. The van der Waals surface area contributed by atoms with E-state index in [1.54, 1.807) is 0 Å². The van der Waals surface area contributed by atoms with Gasteiger partial charge < -0.3 is 113 Å². The summed E-state index contributed by atoms with van der Waals surface area (Å²) >= 11 is 0. The van der Waals surface area contributed by atoms with Crippen LogP contribution in [0.15, 0.2) is 17.6 Å². The lowest BCUT2D eigenvalue weighted by atomic mass is 10.0. The number of aliphatic imine (C=N–C) groups is 1. The molecule has 0 aliphatic carbocycles. The summed E-state index contributed by atoms with van der Waals surface area (Å²) in [5, 5.41) is 63.5. The third kappa shape index (κ3) is 25.8. The minimum atomic E-state index is -1.73. The van der Waals surface area contributed by atoms with Crippen molar-refractivity contribution in [2.45, 2.75) is 196 Å². The Morgan fingerprint density at radius 2 is 1.18 bits per heavy atom. The number of unbranched alkanes of at least 4 members (excludes halogenated alkanes) is 4. The molecule has 1 aliphatic rings. The van der Waals surface area contributed by atoms with Crippen LogP contribution in [0.2, 0.25) is 0 Å². The molecule has 1 aliphatic heterocycles. The molecule has 2 aromatic rings. The van der Waals surface area contributed by atoms with Gasteiger partial charge in [0.05, 0.1) is 24.9 Å². The molecule has 508 valence electrons. The molecule has 0 radical (unpaired) electrons. The Kier molecular flexibility index (Phi) is 32.3. The molecule has 0 spiro atoms. The molecule has 27 N–H and O–H groups in total. The number of nitrogen functional groups attached to an aromatic ring is 1. The topological polar surface area (TPSA) is 641 Å². The molecule has 38 nitrogen and oxygen atoms in total. The molecule has 0 saturated carbocycles. The van der Waals surface area contributed by atoms with Gasteiger partial charge in [0, 0.05) is 32.5 Å². The smallest absolute Gasteiger partial charge is 0.303 e. The predicted molar refractivity (Wildman–Crippen MR) is 321 cm³/mol. The van der Waals surface area contributed by atoms with E-state index in [-0.39, 0.29) is 107 Å². The van der Waals surface area contributed by atoms with Crippen molar-refractivity contribution in [3.63, 3.8) is 0 Å². The number of hydrogen-bond acceptors (Lipinski definition) is 23. The second-order valence-corrected chi connectivity index (χ2v) is 21.7. The molecule has 11 amide bonds. The molecular formula is C53H89N21O17. The number of aliphatic carboxylic acids is 1. The maximum absolute atomic E-state index is 14.4. The molecule has 3 heterocycles. The third-order valence-corrected chi connectivity index (χ3v) is 14.2. The van der Waals surface area contributed by atoms with Gasteiger partial charge in [-0.25, -0.2) is 15.0 Å². The number of anilines is 1. The van der Waals surface area contributed by atoms with Gasteiger partial charge in [-0.1, -0.05) is 6.42 Å². The van der Waals surface area contributed by atoms with E-state index in [2.05, 4.69) is 67.8 Å². The summed E-state index contributed by atoms with van der Waals surface area (Å²) in [7, 11) is 0. The van der Waals surface area contributed by atoms with Crippen molar-refractivity contribution in [2.75, 3.05) is 31.9 Å². The second kappa shape index (κ2) is 38.5. The molecule has 0 aromatic carbocycles. The molecule has 91 heavy (non-hydrogen) atoms. The number of nitrogens with one attached hydrogen (secondary N) is 9. The first kappa shape index (κ1) is 76.3. The van der Waals surface area contributed by atoms with Crippen LogP contribution in [0, 0.1) is 0 Å². The van der Waals surface area contributed by atoms with E-state index in [4.69, 9.17) is 44.9 Å². The number of aromatic nitrogens is 4. The zero-order valence-electron chi connectivity index (χ0n) is 51.0. The summed E-state index contributed by atoms with van der Waals surface area (Å²) in [4.78, 5) is 172. The second-order valence-electron chi connectivity index (χ2n) is 21.7. The van der Waals surface area contributed by atoms with E-state index in [1.807, 2.05) is 0 Å². The van der Waals surface area contributed by atoms with Crippen molar-refractivity contribution in [1.82, 2.24) is 67.4 Å². The summed E-state index contributed by atoms with van der Waals surface area (Å²) in [6, 6.07) is -11.4. The number of aliphatic hydroxyl groups is 3. The number of guanidine groups is 1. The van der Waals surface area contributed by atoms with Gasteiger partial charge in [0.1, 0.15) is 66.3 Å². The maximum Gasteiger partial charge on any atom is 0.303 e. The summed E-state index contributed by atoms with van der Waals surface area (Å²) in [5.74, 6) is -11.2. The Morgan fingerprint density at radius 3 is 1.74 bits per heavy atom. The third-order valence-electron chi connectivity index (χ3n) is 14.2. The molecule has 1 saturated heterocycles. The average molecular weight is 1290 g/mol. The van der Waals surface area contributed by atoms with Gasteiger partial charge in [0.25, 0.3) is 5.91 Å². The standard InChI is InChI=1S/C53H89N21O17/c1-25(55)45(84)69-30(14-11-21-63-53(59)60)48(87)71-29(46(85)70-28(12-6-8-18-54)47(86)72-31(16-17-35(78)79)49(88)73-36(27(3)75)50(89)67-26(2)42(57)82)13-7-10-19-61-34(77)22-32(43(58)83)68-33(76)15-5-4-9-20-62-51(90)40-38(80)39(81)52(91-40)74-24-66-37-41(56)64-23-65-44(37)74/h23-32,36,38-40,52,75,80-81H,4-22,54-55H2,1-3H3,(H2,57,82)(H2,58,83)(H,61,77)(H,62,90)(H,67,89)(H,68,76)(H,69,84)(H,70,85)(H,71,87)(H,72,86)(H,73,88)(H,78,79)(H2,56,64,65)(H4,59,60,63)/t25-,26-,27-,28-,29-,30-,31-,32+,36-,38-,39+,40-,52+/m0/s1. The Morgan fingerprint density at radius 1 is 0.615 bits per heavy atom. The number of carboxylic acids is 1. The van der Waals surface area contributed by atoms with E-state index in [0.717, 1.165) is 6.92 Å². The highest BCUT2D eigenvalue weighted by Crippen LogP contribution is 2.32. The molecule has 3 rings (SSSR count). The van der Waals surface area contributed by atoms with Crippen molar-refractivity contribution in [3.8, 4) is 0 Å². The number of amides is 11. The summed E-state index contributed by atoms with van der Waals surface area (Å²) < 4.78 is 7.02. The number of carboxylic acid groups (broad SMARTS) is 1. The highest BCUT2D eigenvalue weighted by atomic mass is 16.6. The number of imidazole rings is 1. The first-order valence-electron chi connectivity index (χ1n) is 29.6. The summed E-state index contributed by atoms with van der Waals surface area (Å²) in [5.41, 5.74) is 39.4. The lowest BCUT2D eigenvalue weighted by Crippen LogP contribution is -2.61. The number of fused-ring (bicyclic) bond motifs is 1. The fourth-order valence-corrected chi connectivity index (χ4v) is 9.00. The van der Waals surface area contributed by atoms with Gasteiger partial charge in [0.15, 0.2) is 29.8 Å². The lowest BCUT2D eigenvalue weighted by Gasteiger charge is -2.28. The van der Waals surface area contributed by atoms with Crippen LogP contribution in [-0.4, -0.2) is 216 Å². The number of carbonyl (C=O) groups excluding carboxylic acids is 11. The van der Waals surface area contributed by atoms with Crippen molar-refractivity contribution in [1.29, 1.82) is 0 Å². The van der Waals surface area contributed by atoms with Crippen LogP contribution in [0.25, 0.3) is 11.2 Å². The predicted octanol–water partition coefficient (Wildman–Crippen LogP) is -8.46. The molecular weight excluding hydrogens is 1200 g/mol. The minimum Gasteiger partial charge on any atom is -0.481 e. The van der Waals surface area contributed by atoms with Crippen molar-refractivity contribution in [3.05, 3.63) is 12.7 Å². The number of nitrogens with zero attached hydrogens (tertiary/aromatic N) is 5. The Bertz CT molecular complexity index is 2860. The van der Waals surface area contributed by atoms with Crippen LogP contribution in [0.5, 0.6) is 0 Å². The number of aliphatic hydroxyl groups excluding tert-OH is 3. The average Bonchev–Trinajstić information content (AvgIpc) is 1.63. The van der Waals surface area contributed by atoms with Gasteiger partial charge in [0.2, 0.25) is 59.1 Å². The monoisotopic (exact) mass is 1290 g/mol. The van der Waals surface area contributed by atoms with Crippen LogP contribution < -0.4 is 88.0 Å². The first-order valence-corrected chi connectivity index (χ1v) is 29.6. The fraction of sp³-hybridized carbons (Fsp3) is 0.660. The molecule has 13 atom stereocenters. The van der Waals surface area contributed by atoms with Crippen LogP contribution >= 0.6 is 0 Å². The van der Waals surface area contributed by atoms with E-state index in [9.17, 15) is 78.0 Å². The highest BCUT2D eigenvalue weighted by molar-refractivity contribution is 5.98. The number of nitrogens with two attached hydrogens (primary N) is 7. The molecule has 0 bridgehead atoms. The van der Waals surface area contributed by atoms with E-state index in [1.165, 1.54) is 31.1 Å². The number of hydrogen-bond donors (Lipinski definition) is 20. The Balaban J connectivity index is 1.67. The number of ether oxygens (including phenoxy) is 1. The van der Waals surface area contributed by atoms with Gasteiger partial charge in [-0.15, -0.1) is 0 Å². The molecule has 0 unspecified atom stereocenters. The maximum atomic E-state index is 14.4. The lowest BCUT2D eigenvalue weighted by molar-refractivity contribution is -0.139. The highest BCUT2D eigenvalue weighted by Gasteiger charge is 2.48. The van der Waals surface area contributed by atoms with Gasteiger partial charge in [-0.3, -0.25) is 67.1 Å². The van der Waals surface area contributed by atoms with Crippen molar-refractivity contribution >= 4 is 93.9 Å². The van der Waals surface area contributed by atoms with E-state index >= 15 is 0 Å². The Labute approximate surface area is 522 Å². The van der Waals surface area contributed by atoms with Crippen molar-refractivity contribution < 1.29 is 82.7 Å². The SMILES string of the molecule is C[C@H](N)C(=O)N[C@@H](CCCN=C(N)N)C(=O)N[C@@H](CCCCNC(=O)C[C@@H](NC(=O)CCCCCNC(=O)[C@H]1O[C@@H](n2cnc3c(N)ncnc32)[C@H](O)[C@@H]1O)C(N)=O)C(=O)N[C@@H](CCCCN)C(=O)N[C@@H](CCC(=O)O)C(=O)N[C@H](C(=O)N[C@@H](C)C(N)=O)[C@H](C)O. The number of primary amides is 2. The van der Waals surface area contributed by atoms with E-state index in [0.29, 0.717) is 19.3 Å². The van der Waals surface area contributed by atoms with Crippen LogP contribution in [0.1, 0.15) is 123 Å². The van der Waals surface area contributed by atoms with Gasteiger partial charge in [-0.2, -0.15) is 0 Å². The van der Waals surface area contributed by atoms with Crippen molar-refractivity contribution in [2.24, 2.45) is 39.4 Å². The van der Waals surface area contributed by atoms with Crippen LogP contribution in [0.4, 0.5) is 5.82 Å². The quantitative estimate of drug-likeness (QED) is 0.0167. The summed E-state index contributed by atoms with van der Waals surface area (Å²) in [6.45, 7) is 3.99. The minimum absolute atomic E-state index is 0.0438. The zero-order chi connectivity index (χ0) is 68.1. The molecule has 1 fully saturated rings. The van der Waals surface area contributed by atoms with Crippen LogP contribution in [-0.2, 0) is 62.3 Å². The number of rotatable bonds is 42. The number of carbonyl (C=O) groups is 12. The fourth-order valence-electron chi connectivity index (χ4n) is 9.00.